The summed E-state index contributed by atoms with van der Waals surface area (Å²) in [7, 11) is 0. The molecule has 0 aliphatic rings. The number of hydrogen-bond donors (Lipinski definition) is 2. The fourth-order valence-electron chi connectivity index (χ4n) is 1.74. The van der Waals surface area contributed by atoms with Gasteiger partial charge in [0.1, 0.15) is 0 Å². The third kappa shape index (κ3) is 3.77. The van der Waals surface area contributed by atoms with Gasteiger partial charge in [0.15, 0.2) is 0 Å². The standard InChI is InChI=1S/C11H16ClNO2S/c1-11(2,6-9(14)15)5-8(13)10-7(12)3-4-16-10/h3-4,8H,5-6,13H2,1-2H3,(H,14,15). The topological polar surface area (TPSA) is 63.3 Å². The number of carboxylic acids is 1. The highest BCUT2D eigenvalue weighted by molar-refractivity contribution is 7.10. The fraction of sp³-hybridized carbons (Fsp3) is 0.545. The zero-order valence-electron chi connectivity index (χ0n) is 9.37. The summed E-state index contributed by atoms with van der Waals surface area (Å²) in [4.78, 5) is 11.6. The molecule has 0 aliphatic carbocycles. The van der Waals surface area contributed by atoms with Crippen LogP contribution in [0.4, 0.5) is 0 Å². The average molecular weight is 262 g/mol. The summed E-state index contributed by atoms with van der Waals surface area (Å²) in [6.45, 7) is 3.81. The Morgan fingerprint density at radius 1 is 1.69 bits per heavy atom. The minimum atomic E-state index is -0.797. The third-order valence-electron chi connectivity index (χ3n) is 2.38. The first kappa shape index (κ1) is 13.5. The number of nitrogens with two attached hydrogens (primary N) is 1. The Morgan fingerprint density at radius 2 is 2.31 bits per heavy atom. The van der Waals surface area contributed by atoms with Crippen LogP contribution in [-0.2, 0) is 4.79 Å². The van der Waals surface area contributed by atoms with Crippen molar-refractivity contribution in [3.05, 3.63) is 21.3 Å². The number of carboxylic acid groups (broad SMARTS) is 1. The van der Waals surface area contributed by atoms with Crippen LogP contribution in [0, 0.1) is 5.41 Å². The molecule has 1 unspecified atom stereocenters. The molecule has 1 aromatic rings. The van der Waals surface area contributed by atoms with Gasteiger partial charge in [-0.05, 0) is 23.3 Å². The van der Waals surface area contributed by atoms with Crippen molar-refractivity contribution in [3.63, 3.8) is 0 Å². The first-order valence-corrected chi connectivity index (χ1v) is 6.28. The van der Waals surface area contributed by atoms with Gasteiger partial charge in [0.05, 0.1) is 11.4 Å². The molecular weight excluding hydrogens is 246 g/mol. The van der Waals surface area contributed by atoms with Gasteiger partial charge < -0.3 is 10.8 Å². The van der Waals surface area contributed by atoms with Gasteiger partial charge in [-0.1, -0.05) is 25.4 Å². The van der Waals surface area contributed by atoms with Crippen molar-refractivity contribution in [2.75, 3.05) is 0 Å². The van der Waals surface area contributed by atoms with Crippen molar-refractivity contribution in [1.82, 2.24) is 0 Å². The van der Waals surface area contributed by atoms with E-state index in [9.17, 15) is 4.79 Å². The van der Waals surface area contributed by atoms with E-state index in [4.69, 9.17) is 22.4 Å². The number of aliphatic carboxylic acids is 1. The quantitative estimate of drug-likeness (QED) is 0.855. The van der Waals surface area contributed by atoms with E-state index in [1.54, 1.807) is 0 Å². The molecule has 1 atom stereocenters. The molecule has 0 radical (unpaired) electrons. The molecule has 1 rings (SSSR count). The predicted molar refractivity (Wildman–Crippen MR) is 66.9 cm³/mol. The first-order valence-electron chi connectivity index (χ1n) is 5.02. The Bertz CT molecular complexity index is 376. The Labute approximate surface area is 104 Å². The molecule has 16 heavy (non-hydrogen) atoms. The molecule has 0 bridgehead atoms. The largest absolute Gasteiger partial charge is 0.481 e. The smallest absolute Gasteiger partial charge is 0.303 e. The summed E-state index contributed by atoms with van der Waals surface area (Å²) in [5.74, 6) is -0.797. The Morgan fingerprint density at radius 3 is 2.75 bits per heavy atom. The second-order valence-electron chi connectivity index (χ2n) is 4.68. The van der Waals surface area contributed by atoms with Crippen molar-refractivity contribution < 1.29 is 9.90 Å². The van der Waals surface area contributed by atoms with E-state index >= 15 is 0 Å². The number of rotatable bonds is 5. The molecule has 0 spiro atoms. The summed E-state index contributed by atoms with van der Waals surface area (Å²) < 4.78 is 0. The zero-order chi connectivity index (χ0) is 12.3. The van der Waals surface area contributed by atoms with Gasteiger partial charge in [0.2, 0.25) is 0 Å². The van der Waals surface area contributed by atoms with Crippen LogP contribution in [0.3, 0.4) is 0 Å². The summed E-state index contributed by atoms with van der Waals surface area (Å²) in [6, 6.07) is 1.62. The molecule has 3 N–H and O–H groups in total. The van der Waals surface area contributed by atoms with Crippen LogP contribution in [0.1, 0.15) is 37.6 Å². The molecule has 0 amide bonds. The van der Waals surface area contributed by atoms with E-state index in [1.807, 2.05) is 25.3 Å². The lowest BCUT2D eigenvalue weighted by Gasteiger charge is -2.25. The van der Waals surface area contributed by atoms with E-state index < -0.39 is 5.97 Å². The van der Waals surface area contributed by atoms with E-state index in [0.717, 1.165) is 4.88 Å². The lowest BCUT2D eigenvalue weighted by Crippen LogP contribution is -2.23. The van der Waals surface area contributed by atoms with Crippen LogP contribution in [0.15, 0.2) is 11.4 Å². The van der Waals surface area contributed by atoms with Crippen LogP contribution in [-0.4, -0.2) is 11.1 Å². The Hall–Kier alpha value is -0.580. The molecule has 3 nitrogen and oxygen atoms in total. The van der Waals surface area contributed by atoms with Gasteiger partial charge in [0, 0.05) is 10.9 Å². The van der Waals surface area contributed by atoms with E-state index in [0.29, 0.717) is 11.4 Å². The third-order valence-corrected chi connectivity index (χ3v) is 3.87. The van der Waals surface area contributed by atoms with Crippen molar-refractivity contribution in [2.24, 2.45) is 11.1 Å². The highest BCUT2D eigenvalue weighted by Crippen LogP contribution is 2.36. The van der Waals surface area contributed by atoms with Crippen LogP contribution in [0.5, 0.6) is 0 Å². The molecule has 0 saturated heterocycles. The van der Waals surface area contributed by atoms with E-state index in [-0.39, 0.29) is 17.9 Å². The normalized spacial score (nSPS) is 13.8. The van der Waals surface area contributed by atoms with Gasteiger partial charge in [-0.15, -0.1) is 11.3 Å². The highest BCUT2D eigenvalue weighted by atomic mass is 35.5. The van der Waals surface area contributed by atoms with Crippen molar-refractivity contribution >= 4 is 28.9 Å². The monoisotopic (exact) mass is 261 g/mol. The molecule has 0 saturated carbocycles. The van der Waals surface area contributed by atoms with Crippen molar-refractivity contribution in [3.8, 4) is 0 Å². The minimum absolute atomic E-state index is 0.115. The number of hydrogen-bond acceptors (Lipinski definition) is 3. The number of halogens is 1. The van der Waals surface area contributed by atoms with Crippen LogP contribution in [0.25, 0.3) is 0 Å². The summed E-state index contributed by atoms with van der Waals surface area (Å²) >= 11 is 7.50. The highest BCUT2D eigenvalue weighted by Gasteiger charge is 2.26. The second kappa shape index (κ2) is 5.17. The molecular formula is C11H16ClNO2S. The van der Waals surface area contributed by atoms with Crippen LogP contribution >= 0.6 is 22.9 Å². The SMILES string of the molecule is CC(C)(CC(=O)O)CC(N)c1sccc1Cl. The molecule has 0 aliphatic heterocycles. The van der Waals surface area contributed by atoms with Gasteiger partial charge in [0.25, 0.3) is 0 Å². The van der Waals surface area contributed by atoms with Crippen LogP contribution < -0.4 is 5.73 Å². The summed E-state index contributed by atoms with van der Waals surface area (Å²) in [5, 5.41) is 11.3. The summed E-state index contributed by atoms with van der Waals surface area (Å²) in [6.07, 6.45) is 0.725. The lowest BCUT2D eigenvalue weighted by atomic mass is 9.82. The lowest BCUT2D eigenvalue weighted by molar-refractivity contribution is -0.139. The first-order chi connectivity index (χ1) is 7.32. The second-order valence-corrected chi connectivity index (χ2v) is 6.03. The predicted octanol–water partition coefficient (Wildman–Crippen LogP) is 3.29. The average Bonchev–Trinajstić information content (AvgIpc) is 2.47. The Kier molecular flexibility index (Phi) is 4.35. The van der Waals surface area contributed by atoms with Gasteiger partial charge in [-0.25, -0.2) is 0 Å². The minimum Gasteiger partial charge on any atom is -0.481 e. The fourth-order valence-corrected chi connectivity index (χ4v) is 2.94. The van der Waals surface area contributed by atoms with Crippen molar-refractivity contribution in [1.29, 1.82) is 0 Å². The molecule has 0 aromatic carbocycles. The van der Waals surface area contributed by atoms with Crippen LogP contribution in [0.2, 0.25) is 5.02 Å². The van der Waals surface area contributed by atoms with E-state index in [1.165, 1.54) is 11.3 Å². The van der Waals surface area contributed by atoms with Crippen molar-refractivity contribution in [2.45, 2.75) is 32.7 Å². The van der Waals surface area contributed by atoms with Gasteiger partial charge in [-0.3, -0.25) is 4.79 Å². The van der Waals surface area contributed by atoms with E-state index in [2.05, 4.69) is 0 Å². The number of thiophene rings is 1. The van der Waals surface area contributed by atoms with Gasteiger partial charge >= 0.3 is 5.97 Å². The molecule has 1 aromatic heterocycles. The van der Waals surface area contributed by atoms with Gasteiger partial charge in [-0.2, -0.15) is 0 Å². The maximum Gasteiger partial charge on any atom is 0.303 e. The maximum atomic E-state index is 10.7. The zero-order valence-corrected chi connectivity index (χ0v) is 10.9. The molecule has 0 fully saturated rings. The molecule has 1 heterocycles. The maximum absolute atomic E-state index is 10.7. The number of carbonyl (C=O) groups is 1. The summed E-state index contributed by atoms with van der Waals surface area (Å²) in [5.41, 5.74) is 5.71. The molecule has 90 valence electrons. The molecule has 5 heteroatoms. The Balaban J connectivity index is 2.67.